The molecule has 1 aromatic rings. The first kappa shape index (κ1) is 18.6. The highest BCUT2D eigenvalue weighted by atomic mass is 16.2. The van der Waals surface area contributed by atoms with Gasteiger partial charge in [0.2, 0.25) is 6.41 Å². The lowest BCUT2D eigenvalue weighted by Gasteiger charge is -2.33. The Balaban J connectivity index is 2.38. The number of amides is 2. The molecule has 0 unspecified atom stereocenters. The Kier molecular flexibility index (Phi) is 6.62. The zero-order valence-electron chi connectivity index (χ0n) is 14.5. The van der Waals surface area contributed by atoms with Crippen molar-refractivity contribution in [3.05, 3.63) is 17.8 Å². The molecule has 8 nitrogen and oxygen atoms in total. The first-order valence-electron chi connectivity index (χ1n) is 8.40. The van der Waals surface area contributed by atoms with E-state index in [-0.39, 0.29) is 23.7 Å². The lowest BCUT2D eigenvalue weighted by Crippen LogP contribution is -2.44. The minimum absolute atomic E-state index is 0.0398. The van der Waals surface area contributed by atoms with Gasteiger partial charge in [-0.05, 0) is 38.8 Å². The van der Waals surface area contributed by atoms with Crippen LogP contribution in [-0.2, 0) is 4.79 Å². The first-order chi connectivity index (χ1) is 12.1. The van der Waals surface area contributed by atoms with Gasteiger partial charge in [-0.25, -0.2) is 4.98 Å². The second-order valence-electron chi connectivity index (χ2n) is 6.16. The molecule has 134 valence electrons. The molecule has 25 heavy (non-hydrogen) atoms. The van der Waals surface area contributed by atoms with Gasteiger partial charge in [-0.2, -0.15) is 5.10 Å². The Morgan fingerprint density at radius 1 is 1.40 bits per heavy atom. The largest absolute Gasteiger partial charge is 0.332 e. The number of hydrogen-bond acceptors (Lipinski definition) is 6. The molecule has 1 saturated carbocycles. The Morgan fingerprint density at radius 2 is 2.12 bits per heavy atom. The fourth-order valence-electron chi connectivity index (χ4n) is 3.12. The molecule has 0 aromatic carbocycles. The van der Waals surface area contributed by atoms with Crippen LogP contribution in [0.4, 0.5) is 11.5 Å². The van der Waals surface area contributed by atoms with Crippen molar-refractivity contribution in [2.24, 2.45) is 5.10 Å². The van der Waals surface area contributed by atoms with E-state index in [9.17, 15) is 9.59 Å². The van der Waals surface area contributed by atoms with Crippen LogP contribution in [0.25, 0.3) is 0 Å². The predicted molar refractivity (Wildman–Crippen MR) is 98.4 cm³/mol. The number of hydrazone groups is 1. The molecule has 0 bridgehead atoms. The minimum Gasteiger partial charge on any atom is -0.332 e. The number of carbonyl (C=O) groups is 2. The maximum atomic E-state index is 13.2. The number of rotatable bonds is 8. The van der Waals surface area contributed by atoms with Gasteiger partial charge in [-0.1, -0.05) is 12.8 Å². The second-order valence-corrected chi connectivity index (χ2v) is 6.16. The van der Waals surface area contributed by atoms with Crippen LogP contribution < -0.4 is 10.7 Å². The minimum atomic E-state index is -0.191. The Labute approximate surface area is 147 Å². The topological polar surface area (TPSA) is 111 Å². The van der Waals surface area contributed by atoms with Gasteiger partial charge in [0, 0.05) is 18.3 Å². The number of anilines is 2. The van der Waals surface area contributed by atoms with E-state index in [4.69, 9.17) is 5.41 Å². The van der Waals surface area contributed by atoms with Crippen molar-refractivity contribution in [2.45, 2.75) is 51.6 Å². The predicted octanol–water partition coefficient (Wildman–Crippen LogP) is 2.49. The average Bonchev–Trinajstić information content (AvgIpc) is 3.10. The third-order valence-corrected chi connectivity index (χ3v) is 4.15. The van der Waals surface area contributed by atoms with Crippen LogP contribution >= 0.6 is 0 Å². The second kappa shape index (κ2) is 8.91. The van der Waals surface area contributed by atoms with E-state index in [1.54, 1.807) is 12.1 Å². The molecule has 1 fully saturated rings. The molecule has 1 aliphatic carbocycles. The maximum absolute atomic E-state index is 13.2. The highest BCUT2D eigenvalue weighted by Crippen LogP contribution is 2.28. The Morgan fingerprint density at radius 3 is 2.72 bits per heavy atom. The van der Waals surface area contributed by atoms with E-state index in [1.807, 2.05) is 18.7 Å². The molecule has 2 rings (SSSR count). The molecule has 3 N–H and O–H groups in total. The molecule has 0 radical (unpaired) electrons. The molecule has 1 heterocycles. The van der Waals surface area contributed by atoms with Crippen LogP contribution in [0.5, 0.6) is 0 Å². The summed E-state index contributed by atoms with van der Waals surface area (Å²) in [6.07, 6.45) is 7.04. The van der Waals surface area contributed by atoms with E-state index in [2.05, 4.69) is 20.8 Å². The lowest BCUT2D eigenvalue weighted by atomic mass is 10.1. The third kappa shape index (κ3) is 4.62. The quantitative estimate of drug-likeness (QED) is 0.382. The van der Waals surface area contributed by atoms with Crippen LogP contribution in [-0.4, -0.2) is 46.7 Å². The van der Waals surface area contributed by atoms with Gasteiger partial charge in [0.25, 0.3) is 5.91 Å². The maximum Gasteiger partial charge on any atom is 0.275 e. The number of aromatic nitrogens is 1. The lowest BCUT2D eigenvalue weighted by molar-refractivity contribution is -0.105. The van der Waals surface area contributed by atoms with Crippen molar-refractivity contribution in [3.63, 3.8) is 0 Å². The highest BCUT2D eigenvalue weighted by Gasteiger charge is 2.31. The van der Waals surface area contributed by atoms with Crippen molar-refractivity contribution in [2.75, 3.05) is 10.7 Å². The number of pyridine rings is 1. The molecule has 1 aromatic heterocycles. The molecule has 8 heteroatoms. The van der Waals surface area contributed by atoms with Gasteiger partial charge in [0.05, 0.1) is 11.9 Å². The van der Waals surface area contributed by atoms with Crippen molar-refractivity contribution >= 4 is 36.3 Å². The summed E-state index contributed by atoms with van der Waals surface area (Å²) in [5.41, 5.74) is 3.38. The molecular weight excluding hydrogens is 320 g/mol. The van der Waals surface area contributed by atoms with Gasteiger partial charge in [-0.3, -0.25) is 15.0 Å². The Hall–Kier alpha value is -2.77. The molecule has 1 aliphatic rings. The molecule has 0 saturated heterocycles. The summed E-state index contributed by atoms with van der Waals surface area (Å²) >= 11 is 0. The summed E-state index contributed by atoms with van der Waals surface area (Å²) in [4.78, 5) is 30.0. The summed E-state index contributed by atoms with van der Waals surface area (Å²) in [6, 6.07) is 3.47. The third-order valence-electron chi connectivity index (χ3n) is 4.15. The first-order valence-corrected chi connectivity index (χ1v) is 8.40. The molecule has 0 aliphatic heterocycles. The van der Waals surface area contributed by atoms with Gasteiger partial charge in [0.1, 0.15) is 5.82 Å². The molecule has 2 amide bonds. The van der Waals surface area contributed by atoms with E-state index in [0.29, 0.717) is 17.9 Å². The standard InChI is InChI=1S/C17H24N6O2/c1-12(2)23(13-5-3-4-6-13)17(25)16-14(22-20-10-9-18)7-8-15(21-16)19-11-24/h7-13,18,22H,3-6H2,1-2H3,(H,19,21,24)/b18-9?,20-10-. The van der Waals surface area contributed by atoms with Crippen molar-refractivity contribution < 1.29 is 9.59 Å². The molecule has 0 atom stereocenters. The van der Waals surface area contributed by atoms with Gasteiger partial charge >= 0.3 is 0 Å². The number of nitrogens with zero attached hydrogens (tertiary/aromatic N) is 3. The summed E-state index contributed by atoms with van der Waals surface area (Å²) in [5.74, 6) is 0.110. The fraction of sp³-hybridized carbons (Fsp3) is 0.471. The number of nitrogens with one attached hydrogen (secondary N) is 3. The number of hydrogen-bond donors (Lipinski definition) is 3. The zero-order chi connectivity index (χ0) is 18.2. The highest BCUT2D eigenvalue weighted by molar-refractivity contribution is 6.14. The number of carbonyl (C=O) groups excluding carboxylic acids is 2. The molecule has 0 spiro atoms. The van der Waals surface area contributed by atoms with Crippen LogP contribution in [0.1, 0.15) is 50.0 Å². The molecular formula is C17H24N6O2. The van der Waals surface area contributed by atoms with E-state index in [0.717, 1.165) is 31.9 Å². The summed E-state index contributed by atoms with van der Waals surface area (Å²) in [7, 11) is 0. The van der Waals surface area contributed by atoms with Crippen LogP contribution in [0, 0.1) is 5.41 Å². The monoisotopic (exact) mass is 344 g/mol. The van der Waals surface area contributed by atoms with Crippen molar-refractivity contribution in [1.82, 2.24) is 9.88 Å². The van der Waals surface area contributed by atoms with Gasteiger partial charge < -0.3 is 15.6 Å². The van der Waals surface area contributed by atoms with Crippen LogP contribution in [0.15, 0.2) is 17.2 Å². The van der Waals surface area contributed by atoms with E-state index < -0.39 is 0 Å². The zero-order valence-corrected chi connectivity index (χ0v) is 14.5. The van der Waals surface area contributed by atoms with Gasteiger partial charge in [0.15, 0.2) is 5.69 Å². The normalized spacial score (nSPS) is 14.7. The smallest absolute Gasteiger partial charge is 0.275 e. The van der Waals surface area contributed by atoms with Gasteiger partial charge in [-0.15, -0.1) is 0 Å². The van der Waals surface area contributed by atoms with Crippen molar-refractivity contribution in [3.8, 4) is 0 Å². The van der Waals surface area contributed by atoms with E-state index >= 15 is 0 Å². The Bertz CT molecular complexity index is 653. The summed E-state index contributed by atoms with van der Waals surface area (Å²) in [5, 5.41) is 13.3. The van der Waals surface area contributed by atoms with Crippen LogP contribution in [0.2, 0.25) is 0 Å². The summed E-state index contributed by atoms with van der Waals surface area (Å²) < 4.78 is 0. The van der Waals surface area contributed by atoms with Crippen LogP contribution in [0.3, 0.4) is 0 Å². The van der Waals surface area contributed by atoms with E-state index in [1.165, 1.54) is 6.21 Å². The average molecular weight is 344 g/mol. The summed E-state index contributed by atoms with van der Waals surface area (Å²) in [6.45, 7) is 3.98. The van der Waals surface area contributed by atoms with Crippen molar-refractivity contribution in [1.29, 1.82) is 5.41 Å². The SMILES string of the molecule is CC(C)N(C(=O)c1nc(NC=O)ccc1N/N=C\C=N)C1CCCC1. The fourth-order valence-corrected chi connectivity index (χ4v) is 3.12.